The fourth-order valence-electron chi connectivity index (χ4n) is 3.54. The van der Waals surface area contributed by atoms with Crippen LogP contribution in [0.5, 0.6) is 0 Å². The van der Waals surface area contributed by atoms with Gasteiger partial charge in [0.1, 0.15) is 5.82 Å². The van der Waals surface area contributed by atoms with E-state index in [0.717, 1.165) is 11.6 Å². The Balaban J connectivity index is 1.80. The minimum absolute atomic E-state index is 0.0743. The molecule has 7 heteroatoms. The largest absolute Gasteiger partial charge is 0.314 e. The molecule has 0 fully saturated rings. The lowest BCUT2D eigenvalue weighted by molar-refractivity contribution is -0.118. The van der Waals surface area contributed by atoms with Crippen molar-refractivity contribution in [3.05, 3.63) is 82.0 Å². The molecule has 0 bridgehead atoms. The maximum absolute atomic E-state index is 14.8. The van der Waals surface area contributed by atoms with Gasteiger partial charge in [-0.05, 0) is 41.8 Å². The molecule has 3 heterocycles. The first kappa shape index (κ1) is 18.0. The van der Waals surface area contributed by atoms with Crippen molar-refractivity contribution in [3.63, 3.8) is 0 Å². The van der Waals surface area contributed by atoms with Crippen LogP contribution in [0.25, 0.3) is 11.1 Å². The van der Waals surface area contributed by atoms with Gasteiger partial charge >= 0.3 is 0 Å². The van der Waals surface area contributed by atoms with Gasteiger partial charge in [0.25, 0.3) is 5.56 Å². The molecule has 0 atom stereocenters. The highest BCUT2D eigenvalue weighted by atomic mass is 19.1. The molecule has 0 saturated carbocycles. The summed E-state index contributed by atoms with van der Waals surface area (Å²) in [5, 5.41) is 0. The van der Waals surface area contributed by atoms with Gasteiger partial charge in [-0.2, -0.15) is 0 Å². The Morgan fingerprint density at radius 2 is 1.89 bits per heavy atom. The summed E-state index contributed by atoms with van der Waals surface area (Å²) in [4.78, 5) is 29.7. The Morgan fingerprint density at radius 3 is 2.71 bits per heavy atom. The van der Waals surface area contributed by atoms with E-state index < -0.39 is 17.2 Å². The topological polar surface area (TPSA) is 55.2 Å². The summed E-state index contributed by atoms with van der Waals surface area (Å²) in [7, 11) is 1.63. The van der Waals surface area contributed by atoms with E-state index in [-0.39, 0.29) is 12.5 Å². The normalized spacial score (nSPS) is 13.5. The number of carbonyl (C=O) groups excluding carboxylic acids is 1. The van der Waals surface area contributed by atoms with Crippen molar-refractivity contribution >= 4 is 11.6 Å². The highest BCUT2D eigenvalue weighted by Gasteiger charge is 2.26. The second kappa shape index (κ2) is 6.99. The number of anilines is 1. The molecule has 0 unspecified atom stereocenters. The average molecular weight is 381 g/mol. The number of hydrogen-bond acceptors (Lipinski definition) is 3. The quantitative estimate of drug-likeness (QED) is 0.700. The molecule has 0 spiro atoms. The van der Waals surface area contributed by atoms with Gasteiger partial charge in [-0.25, -0.2) is 8.78 Å². The van der Waals surface area contributed by atoms with Crippen LogP contribution in [0.15, 0.2) is 53.7 Å². The van der Waals surface area contributed by atoms with Crippen LogP contribution in [0.3, 0.4) is 0 Å². The third-order valence-corrected chi connectivity index (χ3v) is 4.94. The van der Waals surface area contributed by atoms with E-state index in [1.807, 2.05) is 0 Å². The number of aromatic nitrogens is 2. The van der Waals surface area contributed by atoms with E-state index in [4.69, 9.17) is 0 Å². The van der Waals surface area contributed by atoms with Gasteiger partial charge in [0, 0.05) is 43.2 Å². The molecule has 4 rings (SSSR count). The van der Waals surface area contributed by atoms with Crippen LogP contribution in [0.4, 0.5) is 14.5 Å². The van der Waals surface area contributed by atoms with Gasteiger partial charge in [-0.3, -0.25) is 14.6 Å². The Hall–Kier alpha value is -3.35. The van der Waals surface area contributed by atoms with Crippen LogP contribution >= 0.6 is 0 Å². The third-order valence-electron chi connectivity index (χ3n) is 4.94. The molecule has 1 aliphatic heterocycles. The number of aryl methyl sites for hydroxylation is 1. The molecule has 142 valence electrons. The number of benzene rings is 1. The first-order chi connectivity index (χ1) is 13.5. The monoisotopic (exact) mass is 381 g/mol. The zero-order valence-corrected chi connectivity index (χ0v) is 15.2. The van der Waals surface area contributed by atoms with Crippen LogP contribution in [0.2, 0.25) is 0 Å². The maximum Gasteiger partial charge on any atom is 0.286 e. The lowest BCUT2D eigenvalue weighted by Crippen LogP contribution is -2.31. The molecule has 0 N–H and O–H groups in total. The summed E-state index contributed by atoms with van der Waals surface area (Å²) in [6.45, 7) is 0.100. The predicted octanol–water partition coefficient (Wildman–Crippen LogP) is 3.15. The summed E-state index contributed by atoms with van der Waals surface area (Å²) < 4.78 is 29.5. The smallest absolute Gasteiger partial charge is 0.286 e. The number of hydrogen-bond donors (Lipinski definition) is 0. The number of nitrogens with zero attached hydrogens (tertiary/aromatic N) is 3. The third kappa shape index (κ3) is 3.09. The second-order valence-corrected chi connectivity index (χ2v) is 6.75. The molecule has 0 saturated heterocycles. The van der Waals surface area contributed by atoms with Crippen LogP contribution < -0.4 is 10.5 Å². The summed E-state index contributed by atoms with van der Waals surface area (Å²) in [6, 6.07) is 7.34. The van der Waals surface area contributed by atoms with Gasteiger partial charge in [0.15, 0.2) is 5.82 Å². The molecule has 1 aliphatic rings. The summed E-state index contributed by atoms with van der Waals surface area (Å²) in [5.74, 6) is -1.37. The average Bonchev–Trinajstić information content (AvgIpc) is 2.69. The van der Waals surface area contributed by atoms with E-state index >= 15 is 0 Å². The minimum Gasteiger partial charge on any atom is -0.314 e. The highest BCUT2D eigenvalue weighted by molar-refractivity contribution is 6.00. The second-order valence-electron chi connectivity index (χ2n) is 6.75. The van der Waals surface area contributed by atoms with E-state index in [1.54, 1.807) is 25.4 Å². The molecule has 0 radical (unpaired) electrons. The molecule has 5 nitrogen and oxygen atoms in total. The fraction of sp³-hybridized carbons (Fsp3) is 0.190. The van der Waals surface area contributed by atoms with Crippen molar-refractivity contribution in [2.45, 2.75) is 19.4 Å². The SMILES string of the molecule is CN1C(=O)CCc2ccc(F)c(-c3cncc(Cn4cccc(F)c4=O)c3)c21. The van der Waals surface area contributed by atoms with Gasteiger partial charge < -0.3 is 9.47 Å². The standard InChI is InChI=1S/C21H17F2N3O2/c1-25-18(27)7-5-14-4-6-16(22)19(20(14)25)15-9-13(10-24-11-15)12-26-8-2-3-17(23)21(26)28/h2-4,6,8-11H,5,7,12H2,1H3. The zero-order valence-electron chi connectivity index (χ0n) is 15.2. The Kier molecular flexibility index (Phi) is 4.50. The number of fused-ring (bicyclic) bond motifs is 1. The van der Waals surface area contributed by atoms with Crippen molar-refractivity contribution in [1.82, 2.24) is 9.55 Å². The molecule has 28 heavy (non-hydrogen) atoms. The summed E-state index contributed by atoms with van der Waals surface area (Å²) in [6.07, 6.45) is 5.48. The number of amides is 1. The lowest BCUT2D eigenvalue weighted by Gasteiger charge is -2.28. The molecular formula is C21H17F2N3O2. The number of halogens is 2. The fourth-order valence-corrected chi connectivity index (χ4v) is 3.54. The molecule has 3 aromatic rings. The molecule has 1 aromatic carbocycles. The lowest BCUT2D eigenvalue weighted by atomic mass is 9.93. The van der Waals surface area contributed by atoms with Gasteiger partial charge in [0.05, 0.1) is 12.2 Å². The predicted molar refractivity (Wildman–Crippen MR) is 101 cm³/mol. The van der Waals surface area contributed by atoms with E-state index in [2.05, 4.69) is 4.98 Å². The van der Waals surface area contributed by atoms with Crippen LogP contribution in [-0.2, 0) is 17.8 Å². The first-order valence-electron chi connectivity index (χ1n) is 8.83. The van der Waals surface area contributed by atoms with Crippen LogP contribution in [0.1, 0.15) is 17.5 Å². The van der Waals surface area contributed by atoms with E-state index in [9.17, 15) is 18.4 Å². The van der Waals surface area contributed by atoms with Crippen molar-refractivity contribution < 1.29 is 13.6 Å². The van der Waals surface area contributed by atoms with Crippen molar-refractivity contribution in [2.24, 2.45) is 0 Å². The highest BCUT2D eigenvalue weighted by Crippen LogP contribution is 2.39. The van der Waals surface area contributed by atoms with Crippen LogP contribution in [-0.4, -0.2) is 22.5 Å². The van der Waals surface area contributed by atoms with E-state index in [1.165, 1.54) is 34.0 Å². The number of rotatable bonds is 3. The Bertz CT molecular complexity index is 1140. The molecule has 2 aromatic heterocycles. The van der Waals surface area contributed by atoms with Crippen molar-refractivity contribution in [3.8, 4) is 11.1 Å². The van der Waals surface area contributed by atoms with Gasteiger partial charge in [-0.15, -0.1) is 0 Å². The first-order valence-corrected chi connectivity index (χ1v) is 8.83. The minimum atomic E-state index is -0.838. The summed E-state index contributed by atoms with van der Waals surface area (Å²) >= 11 is 0. The molecule has 0 aliphatic carbocycles. The van der Waals surface area contributed by atoms with Crippen LogP contribution in [0, 0.1) is 11.6 Å². The number of pyridine rings is 2. The van der Waals surface area contributed by atoms with Crippen molar-refractivity contribution in [1.29, 1.82) is 0 Å². The van der Waals surface area contributed by atoms with E-state index in [0.29, 0.717) is 35.2 Å². The molecule has 1 amide bonds. The summed E-state index contributed by atoms with van der Waals surface area (Å²) in [5.41, 5.74) is 2.11. The molecular weight excluding hydrogens is 364 g/mol. The Morgan fingerprint density at radius 1 is 1.07 bits per heavy atom. The van der Waals surface area contributed by atoms with Gasteiger partial charge in [0.2, 0.25) is 5.91 Å². The van der Waals surface area contributed by atoms with Gasteiger partial charge in [-0.1, -0.05) is 6.07 Å². The zero-order chi connectivity index (χ0) is 19.8. The number of carbonyl (C=O) groups is 1. The van der Waals surface area contributed by atoms with Crippen molar-refractivity contribution in [2.75, 3.05) is 11.9 Å². The maximum atomic E-state index is 14.8. The Labute approximate surface area is 159 Å².